The average molecular weight is 315 g/mol. The van der Waals surface area contributed by atoms with Crippen LogP contribution in [0.2, 0.25) is 0 Å². The van der Waals surface area contributed by atoms with Crippen molar-refractivity contribution < 1.29 is 18.3 Å². The predicted molar refractivity (Wildman–Crippen MR) is 78.1 cm³/mol. The predicted octanol–water partition coefficient (Wildman–Crippen LogP) is 2.10. The summed E-state index contributed by atoms with van der Waals surface area (Å²) in [7, 11) is -3.60. The van der Waals surface area contributed by atoms with Gasteiger partial charge in [0.2, 0.25) is 10.0 Å². The third kappa shape index (κ3) is 2.94. The molecule has 1 fully saturated rings. The van der Waals surface area contributed by atoms with Gasteiger partial charge in [-0.25, -0.2) is 12.7 Å². The van der Waals surface area contributed by atoms with Crippen LogP contribution in [-0.4, -0.2) is 36.9 Å². The number of rotatable bonds is 5. The normalized spacial score (nSPS) is 22.3. The van der Waals surface area contributed by atoms with Crippen LogP contribution in [0.4, 0.5) is 0 Å². The van der Waals surface area contributed by atoms with E-state index in [1.165, 1.54) is 21.7 Å². The van der Waals surface area contributed by atoms with Gasteiger partial charge < -0.3 is 5.11 Å². The van der Waals surface area contributed by atoms with Crippen LogP contribution in [0.3, 0.4) is 0 Å². The van der Waals surface area contributed by atoms with Crippen molar-refractivity contribution in [2.75, 3.05) is 13.1 Å². The zero-order valence-electron chi connectivity index (χ0n) is 10.9. The molecule has 5 nitrogen and oxygen atoms in total. The van der Waals surface area contributed by atoms with Crippen molar-refractivity contribution in [1.29, 1.82) is 0 Å². The van der Waals surface area contributed by atoms with Crippen molar-refractivity contribution in [3.05, 3.63) is 35.0 Å². The fraction of sp³-hybridized carbons (Fsp3) is 0.462. The Kier molecular flexibility index (Phi) is 4.62. The molecule has 1 aromatic rings. The van der Waals surface area contributed by atoms with Crippen LogP contribution >= 0.6 is 11.3 Å². The second kappa shape index (κ2) is 6.07. The molecule has 1 saturated heterocycles. The Morgan fingerprint density at radius 1 is 1.60 bits per heavy atom. The Hall–Kier alpha value is -1.18. The first-order chi connectivity index (χ1) is 9.46. The molecule has 0 aliphatic carbocycles. The molecule has 2 atom stereocenters. The zero-order valence-corrected chi connectivity index (χ0v) is 12.6. The van der Waals surface area contributed by atoms with E-state index in [1.54, 1.807) is 12.1 Å². The molecular formula is C13H17NO4S2. The van der Waals surface area contributed by atoms with E-state index in [9.17, 15) is 13.2 Å². The number of sulfonamides is 1. The van der Waals surface area contributed by atoms with E-state index in [-0.39, 0.29) is 6.54 Å². The smallest absolute Gasteiger partial charge is 0.307 e. The monoisotopic (exact) mass is 315 g/mol. The molecule has 0 amide bonds. The highest BCUT2D eigenvalue weighted by Gasteiger charge is 2.36. The Morgan fingerprint density at radius 3 is 2.90 bits per heavy atom. The second-order valence-electron chi connectivity index (χ2n) is 4.75. The van der Waals surface area contributed by atoms with Gasteiger partial charge in [0.15, 0.2) is 0 Å². The molecule has 0 saturated carbocycles. The molecule has 1 aromatic heterocycles. The first-order valence-electron chi connectivity index (χ1n) is 6.34. The lowest BCUT2D eigenvalue weighted by Crippen LogP contribution is -2.43. The van der Waals surface area contributed by atoms with E-state index in [0.29, 0.717) is 24.3 Å². The third-order valence-corrected chi connectivity index (χ3v) is 6.70. The minimum absolute atomic E-state index is 0.0490. The number of hydrogen-bond acceptors (Lipinski definition) is 4. The van der Waals surface area contributed by atoms with Crippen LogP contribution in [-0.2, 0) is 14.8 Å². The molecule has 2 heterocycles. The first-order valence-corrected chi connectivity index (χ1v) is 8.73. The summed E-state index contributed by atoms with van der Waals surface area (Å²) >= 11 is 1.36. The van der Waals surface area contributed by atoms with Gasteiger partial charge in [-0.15, -0.1) is 17.9 Å². The van der Waals surface area contributed by atoms with Gasteiger partial charge >= 0.3 is 5.97 Å². The minimum Gasteiger partial charge on any atom is -0.481 e. The maximum Gasteiger partial charge on any atom is 0.307 e. The summed E-state index contributed by atoms with van der Waals surface area (Å²) < 4.78 is 26.6. The van der Waals surface area contributed by atoms with Gasteiger partial charge in [0, 0.05) is 18.0 Å². The average Bonchev–Trinajstić information content (AvgIpc) is 2.93. The van der Waals surface area contributed by atoms with Crippen molar-refractivity contribution in [3.8, 4) is 0 Å². The maximum atomic E-state index is 12.7. The van der Waals surface area contributed by atoms with Crippen molar-refractivity contribution in [2.45, 2.75) is 18.1 Å². The molecule has 2 rings (SSSR count). The molecule has 1 unspecified atom stereocenters. The van der Waals surface area contributed by atoms with Crippen LogP contribution in [0.1, 0.15) is 23.0 Å². The van der Waals surface area contributed by atoms with E-state index >= 15 is 0 Å². The van der Waals surface area contributed by atoms with Gasteiger partial charge in [-0.1, -0.05) is 12.1 Å². The lowest BCUT2D eigenvalue weighted by molar-refractivity contribution is -0.142. The lowest BCUT2D eigenvalue weighted by atomic mass is 10.0. The molecular weight excluding hydrogens is 298 g/mol. The van der Waals surface area contributed by atoms with Crippen molar-refractivity contribution in [2.24, 2.45) is 5.92 Å². The summed E-state index contributed by atoms with van der Waals surface area (Å²) in [4.78, 5) is 11.8. The van der Waals surface area contributed by atoms with Gasteiger partial charge in [0.25, 0.3) is 0 Å². The Bertz CT molecular complexity index is 580. The van der Waals surface area contributed by atoms with E-state index in [1.807, 2.05) is 5.38 Å². The van der Waals surface area contributed by atoms with E-state index in [4.69, 9.17) is 5.11 Å². The highest BCUT2D eigenvalue weighted by molar-refractivity contribution is 7.89. The fourth-order valence-electron chi connectivity index (χ4n) is 2.37. The second-order valence-corrected chi connectivity index (χ2v) is 7.79. The minimum atomic E-state index is -3.60. The summed E-state index contributed by atoms with van der Waals surface area (Å²) in [5, 5.41) is 10.1. The van der Waals surface area contributed by atoms with Gasteiger partial charge in [0.1, 0.15) is 5.25 Å². The summed E-state index contributed by atoms with van der Waals surface area (Å²) in [6, 6.07) is 3.55. The summed E-state index contributed by atoms with van der Waals surface area (Å²) in [6.45, 7) is 4.04. The largest absolute Gasteiger partial charge is 0.481 e. The van der Waals surface area contributed by atoms with E-state index in [2.05, 4.69) is 6.58 Å². The molecule has 1 aliphatic heterocycles. The molecule has 0 spiro atoms. The maximum absolute atomic E-state index is 12.7. The van der Waals surface area contributed by atoms with Crippen molar-refractivity contribution >= 4 is 27.3 Å². The Labute approximate surface area is 122 Å². The number of carboxylic acids is 1. The fourth-order valence-corrected chi connectivity index (χ4v) is 5.31. The summed E-state index contributed by atoms with van der Waals surface area (Å²) in [5.74, 6) is -1.55. The van der Waals surface area contributed by atoms with E-state index < -0.39 is 27.2 Å². The molecule has 1 N–H and O–H groups in total. The highest BCUT2D eigenvalue weighted by atomic mass is 32.2. The van der Waals surface area contributed by atoms with Crippen LogP contribution in [0, 0.1) is 5.92 Å². The Morgan fingerprint density at radius 2 is 2.35 bits per heavy atom. The number of piperidine rings is 1. The van der Waals surface area contributed by atoms with Gasteiger partial charge in [-0.2, -0.15) is 0 Å². The number of carbonyl (C=O) groups is 1. The topological polar surface area (TPSA) is 74.7 Å². The third-order valence-electron chi connectivity index (χ3n) is 3.45. The number of aliphatic carboxylic acids is 1. The standard InChI is InChI=1S/C13H17NO4S2/c1-2-12(11-6-4-8-19-11)20(17,18)14-7-3-5-10(9-14)13(15)16/h2,4,6,8,10,12H,1,3,5,7,9H2,(H,15,16)/t10-,12?/m0/s1. The molecule has 110 valence electrons. The number of nitrogens with zero attached hydrogens (tertiary/aromatic N) is 1. The molecule has 0 radical (unpaired) electrons. The SMILES string of the molecule is C=CC(c1cccs1)S(=O)(=O)N1CCC[C@H](C(=O)O)C1. The van der Waals surface area contributed by atoms with Gasteiger partial charge in [0.05, 0.1) is 5.92 Å². The summed E-state index contributed by atoms with van der Waals surface area (Å²) in [6.07, 6.45) is 2.51. The first kappa shape index (κ1) is 15.2. The summed E-state index contributed by atoms with van der Waals surface area (Å²) in [5.41, 5.74) is 0. The van der Waals surface area contributed by atoms with Gasteiger partial charge in [-0.3, -0.25) is 4.79 Å². The van der Waals surface area contributed by atoms with Crippen LogP contribution in [0.5, 0.6) is 0 Å². The quantitative estimate of drug-likeness (QED) is 0.844. The number of thiophene rings is 1. The molecule has 1 aliphatic rings. The molecule has 0 bridgehead atoms. The van der Waals surface area contributed by atoms with Gasteiger partial charge in [-0.05, 0) is 24.3 Å². The van der Waals surface area contributed by atoms with Crippen molar-refractivity contribution in [1.82, 2.24) is 4.31 Å². The lowest BCUT2D eigenvalue weighted by Gasteiger charge is -2.31. The number of carboxylic acid groups (broad SMARTS) is 1. The molecule has 0 aromatic carbocycles. The molecule has 20 heavy (non-hydrogen) atoms. The Balaban J connectivity index is 2.25. The van der Waals surface area contributed by atoms with Crippen LogP contribution in [0.25, 0.3) is 0 Å². The van der Waals surface area contributed by atoms with Crippen LogP contribution in [0.15, 0.2) is 30.2 Å². The zero-order chi connectivity index (χ0) is 14.8. The number of hydrogen-bond donors (Lipinski definition) is 1. The van der Waals surface area contributed by atoms with Crippen LogP contribution < -0.4 is 0 Å². The molecule has 7 heteroatoms. The van der Waals surface area contributed by atoms with E-state index in [0.717, 1.165) is 0 Å². The highest BCUT2D eigenvalue weighted by Crippen LogP contribution is 2.32. The van der Waals surface area contributed by atoms with Crippen molar-refractivity contribution in [3.63, 3.8) is 0 Å².